The van der Waals surface area contributed by atoms with E-state index >= 15 is 0 Å². The SMILES string of the molecule is Cc1cc(C)c(OCC(=N)N)c([N+](=O)[O-])c1. The smallest absolute Gasteiger partial charge is 0.311 e. The zero-order chi connectivity index (χ0) is 12.3. The lowest BCUT2D eigenvalue weighted by atomic mass is 10.1. The Labute approximate surface area is 92.7 Å². The number of hydrogen-bond donors (Lipinski definition) is 2. The number of hydrogen-bond acceptors (Lipinski definition) is 4. The minimum Gasteiger partial charge on any atom is -0.479 e. The summed E-state index contributed by atoms with van der Waals surface area (Å²) in [6, 6.07) is 3.21. The Kier molecular flexibility index (Phi) is 3.44. The third kappa shape index (κ3) is 2.69. The topological polar surface area (TPSA) is 102 Å². The number of nitrogens with two attached hydrogens (primary N) is 1. The first-order valence-corrected chi connectivity index (χ1v) is 4.63. The lowest BCUT2D eigenvalue weighted by Gasteiger charge is -2.09. The maximum Gasteiger partial charge on any atom is 0.311 e. The molecule has 0 unspecified atom stereocenters. The van der Waals surface area contributed by atoms with Crippen molar-refractivity contribution in [2.24, 2.45) is 5.73 Å². The number of nitro groups is 1. The number of aryl methyl sites for hydroxylation is 2. The van der Waals surface area contributed by atoms with Crippen LogP contribution in [0.5, 0.6) is 5.75 Å². The largest absolute Gasteiger partial charge is 0.479 e. The summed E-state index contributed by atoms with van der Waals surface area (Å²) in [5.74, 6) is 0.0000676. The summed E-state index contributed by atoms with van der Waals surface area (Å²) in [5.41, 5.74) is 6.49. The summed E-state index contributed by atoms with van der Waals surface area (Å²) in [6.07, 6.45) is 0. The molecule has 0 amide bonds. The Morgan fingerprint density at radius 2 is 2.19 bits per heavy atom. The minimum atomic E-state index is -0.504. The molecule has 0 aromatic heterocycles. The van der Waals surface area contributed by atoms with Gasteiger partial charge in [-0.3, -0.25) is 15.5 Å². The highest BCUT2D eigenvalue weighted by molar-refractivity contribution is 5.78. The predicted molar refractivity (Wildman–Crippen MR) is 60.0 cm³/mol. The van der Waals surface area contributed by atoms with Gasteiger partial charge in [0, 0.05) is 6.07 Å². The summed E-state index contributed by atoms with van der Waals surface area (Å²) in [4.78, 5) is 10.3. The zero-order valence-electron chi connectivity index (χ0n) is 9.11. The monoisotopic (exact) mass is 223 g/mol. The van der Waals surface area contributed by atoms with Crippen molar-refractivity contribution in [1.29, 1.82) is 5.41 Å². The lowest BCUT2D eigenvalue weighted by Crippen LogP contribution is -2.20. The van der Waals surface area contributed by atoms with E-state index in [2.05, 4.69) is 0 Å². The summed E-state index contributed by atoms with van der Waals surface area (Å²) >= 11 is 0. The summed E-state index contributed by atoms with van der Waals surface area (Å²) in [5, 5.41) is 17.8. The normalized spacial score (nSPS) is 9.88. The minimum absolute atomic E-state index is 0.0984. The van der Waals surface area contributed by atoms with E-state index in [1.165, 1.54) is 6.07 Å². The molecule has 0 saturated heterocycles. The molecule has 1 aromatic carbocycles. The van der Waals surface area contributed by atoms with E-state index in [0.29, 0.717) is 5.56 Å². The molecule has 0 heterocycles. The van der Waals surface area contributed by atoms with Gasteiger partial charge in [-0.2, -0.15) is 0 Å². The quantitative estimate of drug-likeness (QED) is 0.349. The molecule has 0 aliphatic rings. The number of nitrogens with one attached hydrogen (secondary N) is 1. The fourth-order valence-electron chi connectivity index (χ4n) is 1.41. The van der Waals surface area contributed by atoms with E-state index in [-0.39, 0.29) is 23.9 Å². The van der Waals surface area contributed by atoms with E-state index in [9.17, 15) is 10.1 Å². The van der Waals surface area contributed by atoms with Crippen LogP contribution in [0.15, 0.2) is 12.1 Å². The molecule has 3 N–H and O–H groups in total. The average Bonchev–Trinajstić information content (AvgIpc) is 2.14. The molecule has 1 rings (SSSR count). The molecule has 0 radical (unpaired) electrons. The van der Waals surface area contributed by atoms with E-state index < -0.39 is 4.92 Å². The van der Waals surface area contributed by atoms with Crippen molar-refractivity contribution in [3.8, 4) is 5.75 Å². The van der Waals surface area contributed by atoms with Gasteiger partial charge < -0.3 is 10.5 Å². The van der Waals surface area contributed by atoms with Crippen LogP contribution in [0.3, 0.4) is 0 Å². The van der Waals surface area contributed by atoms with Gasteiger partial charge in [0.1, 0.15) is 12.4 Å². The number of rotatable bonds is 4. The molecule has 16 heavy (non-hydrogen) atoms. The van der Waals surface area contributed by atoms with Gasteiger partial charge >= 0.3 is 5.69 Å². The maximum atomic E-state index is 10.8. The third-order valence-electron chi connectivity index (χ3n) is 1.97. The van der Waals surface area contributed by atoms with Crippen LogP contribution in [0.1, 0.15) is 11.1 Å². The molecule has 6 nitrogen and oxygen atoms in total. The Morgan fingerprint density at radius 1 is 1.56 bits per heavy atom. The van der Waals surface area contributed by atoms with Crippen molar-refractivity contribution < 1.29 is 9.66 Å². The second-order valence-electron chi connectivity index (χ2n) is 3.50. The fourth-order valence-corrected chi connectivity index (χ4v) is 1.41. The van der Waals surface area contributed by atoms with Crippen LogP contribution >= 0.6 is 0 Å². The number of nitrogens with zero attached hydrogens (tertiary/aromatic N) is 1. The second-order valence-corrected chi connectivity index (χ2v) is 3.50. The van der Waals surface area contributed by atoms with Crippen LogP contribution in [-0.4, -0.2) is 17.4 Å². The number of ether oxygens (including phenoxy) is 1. The molecule has 0 fully saturated rings. The van der Waals surface area contributed by atoms with Crippen molar-refractivity contribution in [1.82, 2.24) is 0 Å². The van der Waals surface area contributed by atoms with E-state index in [1.807, 2.05) is 0 Å². The Morgan fingerprint density at radius 3 is 2.69 bits per heavy atom. The average molecular weight is 223 g/mol. The molecule has 1 aromatic rings. The molecule has 0 atom stereocenters. The maximum absolute atomic E-state index is 10.8. The predicted octanol–water partition coefficient (Wildman–Crippen LogP) is 1.53. The van der Waals surface area contributed by atoms with Gasteiger partial charge in [0.15, 0.2) is 0 Å². The highest BCUT2D eigenvalue weighted by Crippen LogP contribution is 2.31. The Bertz CT molecular complexity index is 443. The molecule has 86 valence electrons. The first-order valence-electron chi connectivity index (χ1n) is 4.63. The van der Waals surface area contributed by atoms with Crippen LogP contribution in [0.2, 0.25) is 0 Å². The summed E-state index contributed by atoms with van der Waals surface area (Å²) < 4.78 is 5.15. The molecule has 0 saturated carbocycles. The van der Waals surface area contributed by atoms with Crippen LogP contribution < -0.4 is 10.5 Å². The molecular formula is C10H13N3O3. The van der Waals surface area contributed by atoms with Crippen molar-refractivity contribution in [3.63, 3.8) is 0 Å². The van der Waals surface area contributed by atoms with Crippen molar-refractivity contribution in [2.75, 3.05) is 6.61 Å². The first-order chi connectivity index (χ1) is 7.41. The number of amidine groups is 1. The van der Waals surface area contributed by atoms with Gasteiger partial charge in [-0.25, -0.2) is 0 Å². The summed E-state index contributed by atoms with van der Waals surface area (Å²) in [7, 11) is 0. The van der Waals surface area contributed by atoms with Crippen molar-refractivity contribution in [2.45, 2.75) is 13.8 Å². The van der Waals surface area contributed by atoms with Gasteiger partial charge in [0.25, 0.3) is 0 Å². The molecule has 0 aliphatic heterocycles. The van der Waals surface area contributed by atoms with E-state index in [1.54, 1.807) is 19.9 Å². The van der Waals surface area contributed by atoms with E-state index in [0.717, 1.165) is 5.56 Å². The highest BCUT2D eigenvalue weighted by Gasteiger charge is 2.18. The zero-order valence-corrected chi connectivity index (χ0v) is 9.11. The fraction of sp³-hybridized carbons (Fsp3) is 0.300. The molecule has 0 aliphatic carbocycles. The molecule has 0 bridgehead atoms. The molecule has 6 heteroatoms. The third-order valence-corrected chi connectivity index (χ3v) is 1.97. The van der Waals surface area contributed by atoms with Crippen LogP contribution in [0.4, 0.5) is 5.69 Å². The summed E-state index contributed by atoms with van der Waals surface area (Å²) in [6.45, 7) is 3.34. The highest BCUT2D eigenvalue weighted by atomic mass is 16.6. The van der Waals surface area contributed by atoms with Crippen LogP contribution in [-0.2, 0) is 0 Å². The Balaban J connectivity index is 3.14. The lowest BCUT2D eigenvalue weighted by molar-refractivity contribution is -0.385. The Hall–Kier alpha value is -2.11. The van der Waals surface area contributed by atoms with Crippen molar-refractivity contribution >= 4 is 11.5 Å². The van der Waals surface area contributed by atoms with Gasteiger partial charge in [-0.15, -0.1) is 0 Å². The van der Waals surface area contributed by atoms with Gasteiger partial charge in [-0.05, 0) is 25.0 Å². The number of nitro benzene ring substituents is 1. The van der Waals surface area contributed by atoms with Gasteiger partial charge in [-0.1, -0.05) is 6.07 Å². The van der Waals surface area contributed by atoms with Gasteiger partial charge in [0.05, 0.1) is 4.92 Å². The van der Waals surface area contributed by atoms with Gasteiger partial charge in [0.2, 0.25) is 5.75 Å². The molecular weight excluding hydrogens is 210 g/mol. The van der Waals surface area contributed by atoms with E-state index in [4.69, 9.17) is 15.9 Å². The van der Waals surface area contributed by atoms with Crippen LogP contribution in [0, 0.1) is 29.4 Å². The van der Waals surface area contributed by atoms with Crippen LogP contribution in [0.25, 0.3) is 0 Å². The first kappa shape index (κ1) is 12.0. The second kappa shape index (κ2) is 4.61. The molecule has 0 spiro atoms. The van der Waals surface area contributed by atoms with Crippen molar-refractivity contribution in [3.05, 3.63) is 33.4 Å². The standard InChI is InChI=1S/C10H13N3O3/c1-6-3-7(2)10(16-5-9(11)12)8(4-6)13(14)15/h3-4H,5H2,1-2H3,(H3,11,12). The number of benzene rings is 1.